The van der Waals surface area contributed by atoms with Crippen LogP contribution in [0.2, 0.25) is 0 Å². The number of nitrogen functional groups attached to an aromatic ring is 1. The molecule has 3 aromatic rings. The van der Waals surface area contributed by atoms with Crippen LogP contribution in [0.25, 0.3) is 10.9 Å². The fourth-order valence-electron chi connectivity index (χ4n) is 5.35. The molecule has 5 rings (SSSR count). The van der Waals surface area contributed by atoms with Crippen molar-refractivity contribution in [3.05, 3.63) is 54.0 Å². The highest BCUT2D eigenvalue weighted by atomic mass is 19.4. The number of aromatic nitrogens is 2. The summed E-state index contributed by atoms with van der Waals surface area (Å²) in [5, 5.41) is 0.833. The number of ketones is 1. The number of benzene rings is 1. The zero-order valence-corrected chi connectivity index (χ0v) is 21.3. The molecule has 202 valence electrons. The quantitative estimate of drug-likeness (QED) is 0.488. The number of carbonyl (C=O) groups excluding carboxylic acids is 1. The summed E-state index contributed by atoms with van der Waals surface area (Å²) in [4.78, 5) is 28.3. The molecule has 0 bridgehead atoms. The van der Waals surface area contributed by atoms with Gasteiger partial charge in [-0.15, -0.1) is 0 Å². The Kier molecular flexibility index (Phi) is 7.15. The Labute approximate surface area is 219 Å². The Morgan fingerprint density at radius 2 is 1.84 bits per heavy atom. The third kappa shape index (κ3) is 5.53. The number of rotatable bonds is 5. The molecule has 2 saturated heterocycles. The van der Waals surface area contributed by atoms with E-state index in [1.54, 1.807) is 17.0 Å². The number of Topliss-reactive ketones (excluding diaryl/α,β-unsaturated/α-hetero) is 1. The maximum Gasteiger partial charge on any atom is 0.393 e. The second kappa shape index (κ2) is 10.4. The van der Waals surface area contributed by atoms with Gasteiger partial charge < -0.3 is 26.2 Å². The van der Waals surface area contributed by atoms with Gasteiger partial charge in [0.1, 0.15) is 5.69 Å². The number of anilines is 3. The van der Waals surface area contributed by atoms with E-state index in [-0.39, 0.29) is 43.1 Å². The van der Waals surface area contributed by atoms with Gasteiger partial charge in [-0.2, -0.15) is 13.2 Å². The van der Waals surface area contributed by atoms with Crippen molar-refractivity contribution < 1.29 is 18.0 Å². The maximum atomic E-state index is 13.5. The molecule has 4 heterocycles. The Bertz CT molecular complexity index is 1320. The number of carbonyl (C=O) groups is 1. The summed E-state index contributed by atoms with van der Waals surface area (Å²) in [6.07, 6.45) is -1.53. The van der Waals surface area contributed by atoms with Gasteiger partial charge in [-0.1, -0.05) is 6.07 Å². The van der Waals surface area contributed by atoms with E-state index >= 15 is 0 Å². The number of nitrogens with zero attached hydrogens (tertiary/aromatic N) is 5. The summed E-state index contributed by atoms with van der Waals surface area (Å²) in [5.74, 6) is -1.85. The molecule has 0 unspecified atom stereocenters. The summed E-state index contributed by atoms with van der Waals surface area (Å²) in [6, 6.07) is 8.71. The number of fused-ring (bicyclic) bond motifs is 1. The van der Waals surface area contributed by atoms with Crippen molar-refractivity contribution in [3.63, 3.8) is 0 Å². The first-order valence-corrected chi connectivity index (χ1v) is 12.8. The van der Waals surface area contributed by atoms with Gasteiger partial charge in [0.2, 0.25) is 0 Å². The number of halogens is 3. The molecular formula is C27H32F3N7O. The summed E-state index contributed by atoms with van der Waals surface area (Å²) < 4.78 is 40.5. The smallest absolute Gasteiger partial charge is 0.393 e. The van der Waals surface area contributed by atoms with Crippen molar-refractivity contribution in [3.8, 4) is 0 Å². The van der Waals surface area contributed by atoms with Crippen LogP contribution in [0.3, 0.4) is 0 Å². The normalized spacial score (nSPS) is 21.2. The lowest BCUT2D eigenvalue weighted by molar-refractivity contribution is -0.177. The molecule has 0 amide bonds. The van der Waals surface area contributed by atoms with Gasteiger partial charge in [0.05, 0.1) is 17.1 Å². The average molecular weight is 528 g/mol. The monoisotopic (exact) mass is 527 g/mol. The van der Waals surface area contributed by atoms with E-state index in [1.165, 1.54) is 12.4 Å². The molecule has 2 aliphatic heterocycles. The highest BCUT2D eigenvalue weighted by Gasteiger charge is 2.44. The van der Waals surface area contributed by atoms with Gasteiger partial charge >= 0.3 is 6.18 Å². The van der Waals surface area contributed by atoms with Gasteiger partial charge in [-0.05, 0) is 37.7 Å². The van der Waals surface area contributed by atoms with E-state index in [4.69, 9.17) is 11.5 Å². The Hall–Kier alpha value is -3.44. The molecule has 2 atom stereocenters. The fraction of sp³-hybridized carbons (Fsp3) is 0.444. The number of hydrogen-bond donors (Lipinski definition) is 2. The molecule has 1 aromatic carbocycles. The maximum absolute atomic E-state index is 13.5. The second-order valence-electron chi connectivity index (χ2n) is 10.3. The van der Waals surface area contributed by atoms with Crippen LogP contribution in [0.1, 0.15) is 22.5 Å². The zero-order chi connectivity index (χ0) is 27.0. The molecule has 4 N–H and O–H groups in total. The van der Waals surface area contributed by atoms with Crippen LogP contribution in [0, 0.1) is 5.92 Å². The van der Waals surface area contributed by atoms with Crippen molar-refractivity contribution in [1.29, 1.82) is 0 Å². The van der Waals surface area contributed by atoms with E-state index in [1.807, 2.05) is 18.2 Å². The van der Waals surface area contributed by atoms with Crippen LogP contribution in [-0.2, 0) is 6.42 Å². The minimum atomic E-state index is -4.34. The van der Waals surface area contributed by atoms with Crippen LogP contribution in [0.5, 0.6) is 0 Å². The third-order valence-electron chi connectivity index (χ3n) is 7.48. The predicted octanol–water partition coefficient (Wildman–Crippen LogP) is 3.11. The van der Waals surface area contributed by atoms with Crippen LogP contribution >= 0.6 is 0 Å². The SMILES string of the molecule is CN1CCN(c2ccc3cc(N)c(C(=O)Cc4cnccc4N4C[C@@H](N)C[C@@H](C(F)(F)F)C4)nc3c2)CC1. The lowest BCUT2D eigenvalue weighted by Gasteiger charge is -2.39. The van der Waals surface area contributed by atoms with Gasteiger partial charge in [-0.3, -0.25) is 9.78 Å². The van der Waals surface area contributed by atoms with Crippen LogP contribution in [0.4, 0.5) is 30.2 Å². The molecule has 8 nitrogen and oxygen atoms in total. The minimum absolute atomic E-state index is 0.0908. The first-order valence-electron chi connectivity index (χ1n) is 12.8. The lowest BCUT2D eigenvalue weighted by Crippen LogP contribution is -2.51. The van der Waals surface area contributed by atoms with Gasteiger partial charge in [0, 0.05) is 86.4 Å². The molecule has 2 aromatic heterocycles. The van der Waals surface area contributed by atoms with Crippen LogP contribution in [-0.4, -0.2) is 79.2 Å². The van der Waals surface area contributed by atoms with Crippen molar-refractivity contribution in [2.24, 2.45) is 11.7 Å². The molecule has 0 aliphatic carbocycles. The van der Waals surface area contributed by atoms with E-state index < -0.39 is 18.1 Å². The highest BCUT2D eigenvalue weighted by Crippen LogP contribution is 2.35. The Balaban J connectivity index is 1.40. The fourth-order valence-corrected chi connectivity index (χ4v) is 5.35. The molecule has 38 heavy (non-hydrogen) atoms. The third-order valence-corrected chi connectivity index (χ3v) is 7.48. The summed E-state index contributed by atoms with van der Waals surface area (Å²) in [5.41, 5.74) is 15.4. The van der Waals surface area contributed by atoms with Crippen LogP contribution in [0.15, 0.2) is 42.7 Å². The van der Waals surface area contributed by atoms with Gasteiger partial charge in [0.15, 0.2) is 5.78 Å². The van der Waals surface area contributed by atoms with E-state index in [9.17, 15) is 18.0 Å². The Morgan fingerprint density at radius 3 is 2.58 bits per heavy atom. The topological polar surface area (TPSA) is 105 Å². The number of alkyl halides is 3. The second-order valence-corrected chi connectivity index (χ2v) is 10.3. The van der Waals surface area contributed by atoms with Gasteiger partial charge in [-0.25, -0.2) is 4.98 Å². The van der Waals surface area contributed by atoms with Crippen molar-refractivity contribution in [2.45, 2.75) is 25.1 Å². The van der Waals surface area contributed by atoms with E-state index in [0.717, 1.165) is 37.3 Å². The summed E-state index contributed by atoms with van der Waals surface area (Å²) >= 11 is 0. The van der Waals surface area contributed by atoms with E-state index in [2.05, 4.69) is 26.8 Å². The standard InChI is InChI=1S/C27H32F3N7O/c1-35-6-8-36(9-7-35)21-3-2-17-10-22(32)26(34-23(17)13-21)25(38)11-18-14-33-5-4-24(18)37-15-19(27(28,29)30)12-20(31)16-37/h2-5,10,13-14,19-20H,6-9,11-12,15-16,31-32H2,1H3/t19-,20+/m1/s1. The number of piperazine rings is 1. The number of pyridine rings is 2. The number of hydrogen-bond acceptors (Lipinski definition) is 8. The molecule has 0 spiro atoms. The van der Waals surface area contributed by atoms with E-state index in [0.29, 0.717) is 16.8 Å². The first-order chi connectivity index (χ1) is 18.1. The number of piperidine rings is 1. The van der Waals surface area contributed by atoms with Gasteiger partial charge in [0.25, 0.3) is 0 Å². The Morgan fingerprint density at radius 1 is 1.08 bits per heavy atom. The van der Waals surface area contributed by atoms with Crippen molar-refractivity contribution in [1.82, 2.24) is 14.9 Å². The number of likely N-dealkylation sites (N-methyl/N-ethyl adjacent to an activating group) is 1. The molecule has 11 heteroatoms. The van der Waals surface area contributed by atoms with Crippen LogP contribution < -0.4 is 21.3 Å². The minimum Gasteiger partial charge on any atom is -0.397 e. The average Bonchev–Trinajstić information content (AvgIpc) is 2.88. The molecule has 2 fully saturated rings. The molecule has 0 saturated carbocycles. The summed E-state index contributed by atoms with van der Waals surface area (Å²) in [7, 11) is 2.10. The zero-order valence-electron chi connectivity index (χ0n) is 21.3. The lowest BCUT2D eigenvalue weighted by atomic mass is 9.93. The van der Waals surface area contributed by atoms with Crippen molar-refractivity contribution in [2.75, 3.05) is 61.8 Å². The molecule has 0 radical (unpaired) electrons. The first kappa shape index (κ1) is 26.2. The van der Waals surface area contributed by atoms with Crippen molar-refractivity contribution >= 4 is 33.7 Å². The number of nitrogens with two attached hydrogens (primary N) is 2. The molecular weight excluding hydrogens is 495 g/mol. The predicted molar refractivity (Wildman–Crippen MR) is 142 cm³/mol. The summed E-state index contributed by atoms with van der Waals surface area (Å²) in [6.45, 7) is 3.80. The molecule has 2 aliphatic rings. The largest absolute Gasteiger partial charge is 0.397 e. The highest BCUT2D eigenvalue weighted by molar-refractivity contribution is 6.03.